The molecule has 1 fully saturated rings. The Kier molecular flexibility index (Phi) is 4.67. The van der Waals surface area contributed by atoms with E-state index in [1.54, 1.807) is 24.3 Å². The van der Waals surface area contributed by atoms with Crippen LogP contribution in [0.25, 0.3) is 0 Å². The van der Waals surface area contributed by atoms with Crippen LogP contribution in [0.5, 0.6) is 11.5 Å². The Balaban J connectivity index is 1.66. The highest BCUT2D eigenvalue weighted by Gasteiger charge is 2.56. The molecule has 3 atom stereocenters. The number of methoxy groups -OCH3 is 1. The number of ether oxygens (including phenoxy) is 1. The van der Waals surface area contributed by atoms with E-state index in [9.17, 15) is 19.5 Å². The van der Waals surface area contributed by atoms with Gasteiger partial charge >= 0.3 is 4.87 Å². The first-order chi connectivity index (χ1) is 14.9. The van der Waals surface area contributed by atoms with Gasteiger partial charge in [-0.2, -0.15) is 0 Å². The highest BCUT2D eigenvalue weighted by atomic mass is 32.2. The van der Waals surface area contributed by atoms with E-state index in [-0.39, 0.29) is 28.2 Å². The minimum absolute atomic E-state index is 0.0226. The van der Waals surface area contributed by atoms with E-state index >= 15 is 0 Å². The van der Waals surface area contributed by atoms with Gasteiger partial charge < -0.3 is 14.8 Å². The molecule has 5 rings (SSSR count). The van der Waals surface area contributed by atoms with Crippen molar-refractivity contribution in [2.24, 2.45) is 5.92 Å². The number of thiazole rings is 1. The van der Waals surface area contributed by atoms with Crippen LogP contribution in [0.15, 0.2) is 52.3 Å². The number of carbonyl (C=O) groups is 2. The van der Waals surface area contributed by atoms with Crippen molar-refractivity contribution in [2.75, 3.05) is 12.0 Å². The number of nitrogens with zero attached hydrogens (tertiary/aromatic N) is 1. The second-order valence-corrected chi connectivity index (χ2v) is 9.70. The number of rotatable bonds is 3. The third-order valence-electron chi connectivity index (χ3n) is 5.68. The van der Waals surface area contributed by atoms with E-state index in [1.807, 2.05) is 19.1 Å². The van der Waals surface area contributed by atoms with Gasteiger partial charge in [-0.15, -0.1) is 0 Å². The summed E-state index contributed by atoms with van der Waals surface area (Å²) < 4.78 is 5.25. The van der Waals surface area contributed by atoms with Crippen LogP contribution in [0.1, 0.15) is 21.9 Å². The number of anilines is 1. The van der Waals surface area contributed by atoms with Crippen LogP contribution in [0, 0.1) is 12.8 Å². The van der Waals surface area contributed by atoms with Gasteiger partial charge in [0.1, 0.15) is 5.25 Å². The fourth-order valence-electron chi connectivity index (χ4n) is 4.21. The molecule has 158 valence electrons. The van der Waals surface area contributed by atoms with Crippen molar-refractivity contribution in [1.82, 2.24) is 4.98 Å². The predicted octanol–water partition coefficient (Wildman–Crippen LogP) is 3.25. The van der Waals surface area contributed by atoms with Crippen molar-refractivity contribution in [1.29, 1.82) is 0 Å². The summed E-state index contributed by atoms with van der Waals surface area (Å²) in [7, 11) is 1.45. The van der Waals surface area contributed by atoms with Gasteiger partial charge in [0.05, 0.1) is 23.7 Å². The number of H-pyrrole nitrogens is 1. The van der Waals surface area contributed by atoms with Gasteiger partial charge in [-0.05, 0) is 36.8 Å². The molecule has 9 heteroatoms. The molecule has 0 radical (unpaired) electrons. The number of phenolic OH excluding ortho intramolecular Hbond substituents is 1. The summed E-state index contributed by atoms with van der Waals surface area (Å²) in [5.41, 5.74) is 2.27. The maximum atomic E-state index is 13.6. The monoisotopic (exact) mass is 454 g/mol. The van der Waals surface area contributed by atoms with E-state index in [0.29, 0.717) is 16.3 Å². The predicted molar refractivity (Wildman–Crippen MR) is 118 cm³/mol. The minimum atomic E-state index is -0.674. The Bertz CT molecular complexity index is 1260. The molecular weight excluding hydrogens is 436 g/mol. The minimum Gasteiger partial charge on any atom is -0.504 e. The Labute approximate surface area is 185 Å². The number of thioether (sulfide) groups is 1. The number of nitrogens with one attached hydrogen (secondary N) is 1. The largest absolute Gasteiger partial charge is 0.504 e. The summed E-state index contributed by atoms with van der Waals surface area (Å²) in [4.78, 5) is 43.6. The number of aromatic hydroxyl groups is 1. The molecule has 31 heavy (non-hydrogen) atoms. The molecule has 2 aliphatic rings. The first kappa shape index (κ1) is 19.9. The van der Waals surface area contributed by atoms with E-state index in [2.05, 4.69) is 4.98 Å². The Hall–Kier alpha value is -3.04. The molecule has 2 amide bonds. The van der Waals surface area contributed by atoms with E-state index < -0.39 is 17.1 Å². The molecule has 0 unspecified atom stereocenters. The maximum Gasteiger partial charge on any atom is 0.305 e. The molecule has 7 nitrogen and oxygen atoms in total. The second-order valence-electron chi connectivity index (χ2n) is 7.53. The summed E-state index contributed by atoms with van der Waals surface area (Å²) in [5, 5.41) is 9.97. The number of hydrogen-bond acceptors (Lipinski definition) is 7. The molecule has 1 aromatic heterocycles. The zero-order chi connectivity index (χ0) is 21.9. The lowest BCUT2D eigenvalue weighted by molar-refractivity contribution is -0.122. The topological polar surface area (TPSA) is 99.7 Å². The van der Waals surface area contributed by atoms with Gasteiger partial charge in [0.2, 0.25) is 11.8 Å². The third-order valence-corrected chi connectivity index (χ3v) is 8.08. The fraction of sp³-hybridized carbons (Fsp3) is 0.227. The lowest BCUT2D eigenvalue weighted by atomic mass is 9.83. The van der Waals surface area contributed by atoms with Gasteiger partial charge in [-0.1, -0.05) is 46.9 Å². The number of amides is 2. The van der Waals surface area contributed by atoms with Gasteiger partial charge in [-0.3, -0.25) is 14.4 Å². The molecule has 2 aliphatic heterocycles. The molecular formula is C22H18N2O5S2. The number of fused-ring (bicyclic) bond motifs is 2. The Morgan fingerprint density at radius 1 is 1.06 bits per heavy atom. The van der Waals surface area contributed by atoms with E-state index in [1.165, 1.54) is 29.8 Å². The number of aromatic nitrogens is 1. The molecule has 2 N–H and O–H groups in total. The number of aryl methyl sites for hydroxylation is 1. The number of phenols is 1. The molecule has 2 aromatic carbocycles. The third kappa shape index (κ3) is 3.07. The number of aromatic amines is 1. The highest BCUT2D eigenvalue weighted by molar-refractivity contribution is 8.00. The number of imide groups is 1. The lowest BCUT2D eigenvalue weighted by Crippen LogP contribution is -2.32. The average molecular weight is 455 g/mol. The van der Waals surface area contributed by atoms with E-state index in [4.69, 9.17) is 4.74 Å². The Morgan fingerprint density at radius 3 is 2.52 bits per heavy atom. The smallest absolute Gasteiger partial charge is 0.305 e. The zero-order valence-electron chi connectivity index (χ0n) is 16.6. The first-order valence-electron chi connectivity index (χ1n) is 9.60. The quantitative estimate of drug-likeness (QED) is 0.590. The first-order valence-corrected chi connectivity index (χ1v) is 11.3. The Morgan fingerprint density at radius 2 is 1.81 bits per heavy atom. The fourth-order valence-corrected chi connectivity index (χ4v) is 6.73. The van der Waals surface area contributed by atoms with Crippen LogP contribution in [0.3, 0.4) is 0 Å². The number of hydrogen-bond donors (Lipinski definition) is 2. The zero-order valence-corrected chi connectivity index (χ0v) is 18.3. The molecule has 0 bridgehead atoms. The summed E-state index contributed by atoms with van der Waals surface area (Å²) in [6.07, 6.45) is 0. The summed E-state index contributed by atoms with van der Waals surface area (Å²) in [6.45, 7) is 1.94. The van der Waals surface area contributed by atoms with Crippen molar-refractivity contribution >= 4 is 40.6 Å². The molecule has 0 aliphatic carbocycles. The standard InChI is InChI=1S/C22H18N2O5S2/c1-10-3-6-12(7-4-10)24-20(26)16-15(11-5-8-13(25)14(9-11)29-2)17-19(23-22(28)31-17)30-18(16)21(24)27/h3-9,15-16,18,25H,1-2H3,(H,23,28)/t15-,16+,18+/m1/s1. The summed E-state index contributed by atoms with van der Waals surface area (Å²) >= 11 is 2.28. The molecule has 1 saturated heterocycles. The van der Waals surface area contributed by atoms with Crippen LogP contribution in [-0.4, -0.2) is 34.3 Å². The molecule has 0 spiro atoms. The van der Waals surface area contributed by atoms with Crippen LogP contribution < -0.4 is 14.5 Å². The number of carbonyl (C=O) groups excluding carboxylic acids is 2. The maximum absolute atomic E-state index is 13.6. The van der Waals surface area contributed by atoms with Crippen molar-refractivity contribution in [2.45, 2.75) is 23.1 Å². The van der Waals surface area contributed by atoms with Gasteiger partial charge in [0.15, 0.2) is 11.5 Å². The second kappa shape index (κ2) is 7.28. The molecule has 3 heterocycles. The van der Waals surface area contributed by atoms with Crippen molar-refractivity contribution in [3.05, 3.63) is 68.1 Å². The van der Waals surface area contributed by atoms with Gasteiger partial charge in [0.25, 0.3) is 0 Å². The van der Waals surface area contributed by atoms with Gasteiger partial charge in [-0.25, -0.2) is 4.90 Å². The number of benzene rings is 2. The van der Waals surface area contributed by atoms with Crippen LogP contribution in [0.4, 0.5) is 5.69 Å². The van der Waals surface area contributed by atoms with Crippen LogP contribution in [-0.2, 0) is 9.59 Å². The van der Waals surface area contributed by atoms with Crippen LogP contribution in [0.2, 0.25) is 0 Å². The highest BCUT2D eigenvalue weighted by Crippen LogP contribution is 2.53. The SMILES string of the molecule is COc1cc([C@H]2c3sc(=O)[nH]c3S[C@@H]3C(=O)N(c4ccc(C)cc4)C(=O)[C@@H]23)ccc1O. The van der Waals surface area contributed by atoms with Crippen molar-refractivity contribution < 1.29 is 19.4 Å². The van der Waals surface area contributed by atoms with Crippen molar-refractivity contribution in [3.63, 3.8) is 0 Å². The average Bonchev–Trinajstić information content (AvgIpc) is 3.24. The summed E-state index contributed by atoms with van der Waals surface area (Å²) in [6, 6.07) is 12.1. The normalized spacial score (nSPS) is 22.4. The van der Waals surface area contributed by atoms with Crippen LogP contribution >= 0.6 is 23.1 Å². The summed E-state index contributed by atoms with van der Waals surface area (Å²) in [5.74, 6) is -1.53. The van der Waals surface area contributed by atoms with Crippen molar-refractivity contribution in [3.8, 4) is 11.5 Å². The lowest BCUT2D eigenvalue weighted by Gasteiger charge is -2.30. The van der Waals surface area contributed by atoms with Gasteiger partial charge in [0, 0.05) is 10.8 Å². The molecule has 3 aromatic rings. The van der Waals surface area contributed by atoms with E-state index in [0.717, 1.165) is 21.8 Å². The molecule has 0 saturated carbocycles.